The smallest absolute Gasteiger partial charge is 0.269 e. The van der Waals surface area contributed by atoms with Gasteiger partial charge in [0.2, 0.25) is 0 Å². The number of nitrogens with zero attached hydrogens (tertiary/aromatic N) is 2. The number of halogens is 1. The zero-order chi connectivity index (χ0) is 13.1. The molecule has 1 saturated carbocycles. The molecule has 4 nitrogen and oxygen atoms in total. The third-order valence-electron chi connectivity index (χ3n) is 3.19. The van der Waals surface area contributed by atoms with Gasteiger partial charge < -0.3 is 0 Å². The van der Waals surface area contributed by atoms with Crippen LogP contribution in [0, 0.1) is 10.1 Å². The van der Waals surface area contributed by atoms with Crippen LogP contribution in [-0.2, 0) is 6.54 Å². The lowest BCUT2D eigenvalue weighted by Gasteiger charge is -2.21. The molecule has 0 saturated heterocycles. The number of nitro groups is 1. The van der Waals surface area contributed by atoms with Gasteiger partial charge in [-0.1, -0.05) is 18.5 Å². The summed E-state index contributed by atoms with van der Waals surface area (Å²) in [5, 5.41) is 11.4. The summed E-state index contributed by atoms with van der Waals surface area (Å²) in [7, 11) is 0. The predicted molar refractivity (Wildman–Crippen MR) is 71.8 cm³/mol. The van der Waals surface area contributed by atoms with Crippen molar-refractivity contribution >= 4 is 17.3 Å². The maximum Gasteiger partial charge on any atom is 0.269 e. The summed E-state index contributed by atoms with van der Waals surface area (Å²) in [4.78, 5) is 12.8. The van der Waals surface area contributed by atoms with Crippen LogP contribution < -0.4 is 0 Å². The average Bonchev–Trinajstić information content (AvgIpc) is 3.14. The van der Waals surface area contributed by atoms with Crippen molar-refractivity contribution in [2.45, 2.75) is 38.8 Å². The van der Waals surface area contributed by atoms with Gasteiger partial charge in [0.1, 0.15) is 0 Å². The van der Waals surface area contributed by atoms with Gasteiger partial charge in [-0.3, -0.25) is 15.0 Å². The minimum absolute atomic E-state index is 0.113. The van der Waals surface area contributed by atoms with E-state index in [2.05, 4.69) is 11.8 Å². The van der Waals surface area contributed by atoms with E-state index in [1.54, 1.807) is 12.1 Å². The molecule has 0 N–H and O–H groups in total. The molecular weight excluding hydrogens is 252 g/mol. The Hall–Kier alpha value is -1.13. The van der Waals surface area contributed by atoms with Crippen molar-refractivity contribution in [2.24, 2.45) is 0 Å². The Morgan fingerprint density at radius 2 is 2.22 bits per heavy atom. The van der Waals surface area contributed by atoms with E-state index in [-0.39, 0.29) is 10.6 Å². The SMILES string of the molecule is CCCN(Cc1cc([N+](=O)[O-])ccc1Cl)C1CC1. The fourth-order valence-corrected chi connectivity index (χ4v) is 2.31. The van der Waals surface area contributed by atoms with Crippen LogP contribution in [0.3, 0.4) is 0 Å². The molecule has 18 heavy (non-hydrogen) atoms. The summed E-state index contributed by atoms with van der Waals surface area (Å²) in [5.41, 5.74) is 0.966. The molecular formula is C13H17ClN2O2. The molecule has 0 heterocycles. The molecule has 98 valence electrons. The monoisotopic (exact) mass is 268 g/mol. The van der Waals surface area contributed by atoms with Crippen molar-refractivity contribution in [3.05, 3.63) is 38.9 Å². The quantitative estimate of drug-likeness (QED) is 0.585. The number of rotatable bonds is 6. The van der Waals surface area contributed by atoms with E-state index in [0.29, 0.717) is 17.6 Å². The summed E-state index contributed by atoms with van der Waals surface area (Å²) in [6.45, 7) is 3.87. The van der Waals surface area contributed by atoms with E-state index in [4.69, 9.17) is 11.6 Å². The fourth-order valence-electron chi connectivity index (χ4n) is 2.13. The number of nitro benzene ring substituents is 1. The molecule has 0 atom stereocenters. The van der Waals surface area contributed by atoms with Crippen LogP contribution in [0.1, 0.15) is 31.7 Å². The Morgan fingerprint density at radius 3 is 2.78 bits per heavy atom. The summed E-state index contributed by atoms with van der Waals surface area (Å²) in [6.07, 6.45) is 3.54. The summed E-state index contributed by atoms with van der Waals surface area (Å²) in [6, 6.07) is 5.30. The van der Waals surface area contributed by atoms with Crippen molar-refractivity contribution in [3.63, 3.8) is 0 Å². The van der Waals surface area contributed by atoms with Gasteiger partial charge in [-0.05, 0) is 37.4 Å². The average molecular weight is 269 g/mol. The van der Waals surface area contributed by atoms with Gasteiger partial charge >= 0.3 is 0 Å². The van der Waals surface area contributed by atoms with Crippen LogP contribution in [0.25, 0.3) is 0 Å². The van der Waals surface area contributed by atoms with Crippen LogP contribution in [0.15, 0.2) is 18.2 Å². The molecule has 2 rings (SSSR count). The normalized spacial score (nSPS) is 15.1. The van der Waals surface area contributed by atoms with E-state index in [9.17, 15) is 10.1 Å². The highest BCUT2D eigenvalue weighted by atomic mass is 35.5. The molecule has 0 aliphatic heterocycles. The summed E-state index contributed by atoms with van der Waals surface area (Å²) >= 11 is 6.12. The molecule has 5 heteroatoms. The van der Waals surface area contributed by atoms with Crippen molar-refractivity contribution in [1.82, 2.24) is 4.90 Å². The first-order valence-electron chi connectivity index (χ1n) is 6.28. The van der Waals surface area contributed by atoms with E-state index < -0.39 is 0 Å². The van der Waals surface area contributed by atoms with Gasteiger partial charge in [0.25, 0.3) is 5.69 Å². The second-order valence-electron chi connectivity index (χ2n) is 4.73. The molecule has 0 aromatic heterocycles. The standard InChI is InChI=1S/C13H17ClN2O2/c1-2-7-15(11-3-4-11)9-10-8-12(16(17)18)5-6-13(10)14/h5-6,8,11H,2-4,7,9H2,1H3. The van der Waals surface area contributed by atoms with Gasteiger partial charge in [-0.15, -0.1) is 0 Å². The number of benzene rings is 1. The van der Waals surface area contributed by atoms with Gasteiger partial charge in [-0.25, -0.2) is 0 Å². The molecule has 1 aromatic carbocycles. The zero-order valence-corrected chi connectivity index (χ0v) is 11.2. The number of hydrogen-bond acceptors (Lipinski definition) is 3. The lowest BCUT2D eigenvalue weighted by Crippen LogP contribution is -2.26. The third-order valence-corrected chi connectivity index (χ3v) is 3.56. The Bertz CT molecular complexity index is 447. The Kier molecular flexibility index (Phi) is 4.19. The maximum absolute atomic E-state index is 10.8. The highest BCUT2D eigenvalue weighted by Crippen LogP contribution is 2.31. The van der Waals surface area contributed by atoms with Crippen LogP contribution in [0.5, 0.6) is 0 Å². The van der Waals surface area contributed by atoms with Crippen molar-refractivity contribution in [3.8, 4) is 0 Å². The minimum Gasteiger partial charge on any atom is -0.296 e. The second kappa shape index (κ2) is 5.67. The molecule has 0 amide bonds. The highest BCUT2D eigenvalue weighted by Gasteiger charge is 2.28. The zero-order valence-electron chi connectivity index (χ0n) is 10.4. The van der Waals surface area contributed by atoms with E-state index in [1.165, 1.54) is 18.9 Å². The van der Waals surface area contributed by atoms with Crippen molar-refractivity contribution in [2.75, 3.05) is 6.54 Å². The number of non-ortho nitro benzene ring substituents is 1. The maximum atomic E-state index is 10.8. The Labute approximate surface area is 112 Å². The van der Waals surface area contributed by atoms with E-state index >= 15 is 0 Å². The molecule has 1 aliphatic rings. The topological polar surface area (TPSA) is 46.4 Å². The first-order valence-corrected chi connectivity index (χ1v) is 6.66. The van der Waals surface area contributed by atoms with E-state index in [0.717, 1.165) is 18.5 Å². The first kappa shape index (κ1) is 13.3. The predicted octanol–water partition coefficient (Wildman–Crippen LogP) is 3.62. The van der Waals surface area contributed by atoms with Gasteiger partial charge in [0.05, 0.1) is 4.92 Å². The van der Waals surface area contributed by atoms with Gasteiger partial charge in [0, 0.05) is 29.7 Å². The van der Waals surface area contributed by atoms with Crippen LogP contribution in [0.2, 0.25) is 5.02 Å². The first-order chi connectivity index (χ1) is 8.61. The van der Waals surface area contributed by atoms with Crippen molar-refractivity contribution < 1.29 is 4.92 Å². The molecule has 0 radical (unpaired) electrons. The third kappa shape index (κ3) is 3.21. The van der Waals surface area contributed by atoms with Crippen LogP contribution in [0.4, 0.5) is 5.69 Å². The fraction of sp³-hybridized carbons (Fsp3) is 0.538. The molecule has 1 aliphatic carbocycles. The lowest BCUT2D eigenvalue weighted by atomic mass is 10.2. The number of hydrogen-bond donors (Lipinski definition) is 0. The van der Waals surface area contributed by atoms with Gasteiger partial charge in [-0.2, -0.15) is 0 Å². The Balaban J connectivity index is 2.15. The molecule has 1 aromatic rings. The summed E-state index contributed by atoms with van der Waals surface area (Å²) < 4.78 is 0. The summed E-state index contributed by atoms with van der Waals surface area (Å²) in [5.74, 6) is 0. The van der Waals surface area contributed by atoms with E-state index in [1.807, 2.05) is 0 Å². The lowest BCUT2D eigenvalue weighted by molar-refractivity contribution is -0.384. The van der Waals surface area contributed by atoms with Crippen molar-refractivity contribution in [1.29, 1.82) is 0 Å². The van der Waals surface area contributed by atoms with Gasteiger partial charge in [0.15, 0.2) is 0 Å². The minimum atomic E-state index is -0.374. The second-order valence-corrected chi connectivity index (χ2v) is 5.14. The largest absolute Gasteiger partial charge is 0.296 e. The molecule has 0 unspecified atom stereocenters. The van der Waals surface area contributed by atoms with Crippen LogP contribution >= 0.6 is 11.6 Å². The highest BCUT2D eigenvalue weighted by molar-refractivity contribution is 6.31. The molecule has 0 spiro atoms. The molecule has 1 fully saturated rings. The molecule has 0 bridgehead atoms. The van der Waals surface area contributed by atoms with Crippen LogP contribution in [-0.4, -0.2) is 22.4 Å². The Morgan fingerprint density at radius 1 is 1.50 bits per heavy atom.